The fourth-order valence-corrected chi connectivity index (χ4v) is 4.36. The number of methoxy groups -OCH3 is 1. The van der Waals surface area contributed by atoms with Gasteiger partial charge in [-0.15, -0.1) is 5.10 Å². The Hall–Kier alpha value is -4.10. The molecule has 4 aromatic rings. The zero-order chi connectivity index (χ0) is 30.3. The van der Waals surface area contributed by atoms with Gasteiger partial charge in [-0.1, -0.05) is 17.7 Å². The molecule has 0 spiro atoms. The van der Waals surface area contributed by atoms with Gasteiger partial charge in [0.25, 0.3) is 0 Å². The van der Waals surface area contributed by atoms with Crippen LogP contribution in [-0.4, -0.2) is 22.1 Å². The number of H-pyrrole nitrogens is 1. The van der Waals surface area contributed by atoms with Crippen molar-refractivity contribution in [3.05, 3.63) is 88.0 Å². The van der Waals surface area contributed by atoms with Crippen molar-refractivity contribution < 1.29 is 44.3 Å². The number of alkyl halides is 9. The summed E-state index contributed by atoms with van der Waals surface area (Å²) >= 11 is 0. The first-order valence-electron chi connectivity index (χ1n) is 11.9. The van der Waals surface area contributed by atoms with E-state index in [0.717, 1.165) is 17.7 Å². The van der Waals surface area contributed by atoms with E-state index in [0.29, 0.717) is 29.0 Å². The number of aryl methyl sites for hydroxylation is 2. The second-order valence-corrected chi connectivity index (χ2v) is 9.40. The van der Waals surface area contributed by atoms with Crippen molar-refractivity contribution in [1.82, 2.24) is 15.0 Å². The summed E-state index contributed by atoms with van der Waals surface area (Å²) in [6.45, 7) is 0.884. The molecule has 1 heterocycles. The van der Waals surface area contributed by atoms with Gasteiger partial charge in [0.1, 0.15) is 5.75 Å². The van der Waals surface area contributed by atoms with Crippen LogP contribution in [0.3, 0.4) is 0 Å². The summed E-state index contributed by atoms with van der Waals surface area (Å²) in [6, 6.07) is 9.26. The Morgan fingerprint density at radius 3 is 1.85 bits per heavy atom. The molecule has 0 fully saturated rings. The highest BCUT2D eigenvalue weighted by Gasteiger charge is 2.37. The molecule has 0 atom stereocenters. The second-order valence-electron chi connectivity index (χ2n) is 9.40. The normalized spacial score (nSPS) is 12.6. The summed E-state index contributed by atoms with van der Waals surface area (Å²) < 4.78 is 127. The molecule has 0 saturated carbocycles. The first-order chi connectivity index (χ1) is 19.0. The predicted molar refractivity (Wildman–Crippen MR) is 132 cm³/mol. The van der Waals surface area contributed by atoms with E-state index >= 15 is 0 Å². The average molecular weight is 590 g/mol. The van der Waals surface area contributed by atoms with Gasteiger partial charge in [0, 0.05) is 25.7 Å². The molecule has 0 aliphatic carbocycles. The molecule has 14 heteroatoms. The molecule has 0 unspecified atom stereocenters. The Morgan fingerprint density at radius 2 is 1.34 bits per heavy atom. The van der Waals surface area contributed by atoms with Crippen LogP contribution < -0.4 is 9.64 Å². The maximum Gasteiger partial charge on any atom is 0.416 e. The minimum absolute atomic E-state index is 0.00958. The highest BCUT2D eigenvalue weighted by molar-refractivity contribution is 5.75. The molecule has 5 nitrogen and oxygen atoms in total. The number of benzene rings is 3. The van der Waals surface area contributed by atoms with Gasteiger partial charge in [0.2, 0.25) is 5.95 Å². The lowest BCUT2D eigenvalue weighted by molar-refractivity contribution is -0.143. The predicted octanol–water partition coefficient (Wildman–Crippen LogP) is 8.00. The Morgan fingerprint density at radius 1 is 0.756 bits per heavy atom. The fraction of sp³-hybridized carbons (Fsp3) is 0.296. The first kappa shape index (κ1) is 29.9. The zero-order valence-electron chi connectivity index (χ0n) is 21.8. The lowest BCUT2D eigenvalue weighted by Crippen LogP contribution is -2.30. The molecule has 4 rings (SSSR count). The minimum Gasteiger partial charge on any atom is -0.496 e. The van der Waals surface area contributed by atoms with Crippen LogP contribution in [0.25, 0.3) is 11.1 Å². The van der Waals surface area contributed by atoms with Crippen LogP contribution in [0.15, 0.2) is 54.6 Å². The van der Waals surface area contributed by atoms with Crippen LogP contribution in [0.5, 0.6) is 5.75 Å². The highest BCUT2D eigenvalue weighted by Crippen LogP contribution is 2.39. The quantitative estimate of drug-likeness (QED) is 0.222. The van der Waals surface area contributed by atoms with Gasteiger partial charge in [-0.25, -0.2) is 9.90 Å². The van der Waals surface area contributed by atoms with E-state index < -0.39 is 41.8 Å². The van der Waals surface area contributed by atoms with Gasteiger partial charge in [0.15, 0.2) is 0 Å². The minimum atomic E-state index is -5.07. The van der Waals surface area contributed by atoms with E-state index in [1.54, 1.807) is 25.1 Å². The molecule has 0 aliphatic heterocycles. The monoisotopic (exact) mass is 590 g/mol. The molecule has 0 saturated heterocycles. The number of aromatic nitrogens is 3. The van der Waals surface area contributed by atoms with E-state index in [1.165, 1.54) is 29.9 Å². The van der Waals surface area contributed by atoms with Gasteiger partial charge in [0.05, 0.1) is 23.8 Å². The van der Waals surface area contributed by atoms with E-state index in [-0.39, 0.29) is 29.7 Å². The van der Waals surface area contributed by atoms with Crippen molar-refractivity contribution >= 4 is 5.95 Å². The van der Waals surface area contributed by atoms with E-state index in [4.69, 9.17) is 4.74 Å². The Kier molecular flexibility index (Phi) is 7.80. The molecular formula is C27H23F9N4O. The number of ether oxygens (including phenoxy) is 1. The van der Waals surface area contributed by atoms with Crippen LogP contribution >= 0.6 is 0 Å². The summed E-state index contributed by atoms with van der Waals surface area (Å²) in [7, 11) is 2.87. The molecule has 0 amide bonds. The molecule has 220 valence electrons. The summed E-state index contributed by atoms with van der Waals surface area (Å²) in [4.78, 5) is 2.49. The van der Waals surface area contributed by atoms with Crippen LogP contribution in [0.1, 0.15) is 33.4 Å². The van der Waals surface area contributed by atoms with Gasteiger partial charge in [-0.2, -0.15) is 39.5 Å². The van der Waals surface area contributed by atoms with Crippen LogP contribution in [0.2, 0.25) is 0 Å². The maximum atomic E-state index is 13.7. The largest absolute Gasteiger partial charge is 0.496 e. The molecular weight excluding hydrogens is 567 g/mol. The molecule has 1 aromatic heterocycles. The number of hydrogen-bond acceptors (Lipinski definition) is 3. The maximum absolute atomic E-state index is 13.7. The number of halogens is 9. The number of hydrogen-bond donors (Lipinski definition) is 1. The lowest BCUT2D eigenvalue weighted by atomic mass is 9.94. The van der Waals surface area contributed by atoms with Crippen LogP contribution in [0.4, 0.5) is 45.5 Å². The SMILES string of the molecule is COc1ccc(C)cc1-c1ccc(C(F)(F)F)cc1CN(Cc1cc(C(F)(F)F)cc(C(F)(F)F)c1)c1nn(C)[nH]1. The standard InChI is InChI=1S/C27H23F9N4O/c1-15-4-7-23(41-3)22(8-15)21-6-5-18(25(28,29)30)11-17(21)14-40(24-37-39(2)38-24)13-16-9-19(26(31,32)33)12-20(10-16)27(34,35)36/h4-12H,13-14H2,1-3H3,(H,37,38). The summed E-state index contributed by atoms with van der Waals surface area (Å²) in [5, 5.41) is 6.78. The Balaban J connectivity index is 1.85. The lowest BCUT2D eigenvalue weighted by Gasteiger charge is -2.28. The molecule has 0 bridgehead atoms. The van der Waals surface area contributed by atoms with E-state index in [9.17, 15) is 39.5 Å². The summed E-state index contributed by atoms with van der Waals surface area (Å²) in [6.07, 6.45) is -14.9. The third-order valence-corrected chi connectivity index (χ3v) is 6.27. The van der Waals surface area contributed by atoms with Crippen molar-refractivity contribution in [3.8, 4) is 16.9 Å². The van der Waals surface area contributed by atoms with Gasteiger partial charge in [-0.3, -0.25) is 0 Å². The average Bonchev–Trinajstić information content (AvgIpc) is 2.84. The van der Waals surface area contributed by atoms with Gasteiger partial charge < -0.3 is 9.64 Å². The van der Waals surface area contributed by atoms with Crippen molar-refractivity contribution in [3.63, 3.8) is 0 Å². The number of nitrogens with one attached hydrogen (secondary N) is 1. The van der Waals surface area contributed by atoms with Crippen LogP contribution in [0, 0.1) is 6.92 Å². The number of nitrogens with zero attached hydrogens (tertiary/aromatic N) is 3. The van der Waals surface area contributed by atoms with Gasteiger partial charge >= 0.3 is 18.5 Å². The number of rotatable bonds is 7. The smallest absolute Gasteiger partial charge is 0.416 e. The first-order valence-corrected chi connectivity index (χ1v) is 11.9. The summed E-state index contributed by atoms with van der Waals surface area (Å²) in [5.41, 5.74) is -2.72. The molecule has 0 radical (unpaired) electrons. The van der Waals surface area contributed by atoms with Crippen molar-refractivity contribution in [2.75, 3.05) is 12.0 Å². The second kappa shape index (κ2) is 10.7. The zero-order valence-corrected chi connectivity index (χ0v) is 21.8. The molecule has 1 N–H and O–H groups in total. The number of aromatic amines is 1. The highest BCUT2D eigenvalue weighted by atomic mass is 19.4. The van der Waals surface area contributed by atoms with Crippen molar-refractivity contribution in [2.24, 2.45) is 7.05 Å². The topological polar surface area (TPSA) is 46.1 Å². The van der Waals surface area contributed by atoms with Crippen molar-refractivity contribution in [2.45, 2.75) is 38.5 Å². The van der Waals surface area contributed by atoms with Crippen molar-refractivity contribution in [1.29, 1.82) is 0 Å². The van der Waals surface area contributed by atoms with E-state index in [1.807, 2.05) is 0 Å². The molecule has 3 aromatic carbocycles. The third-order valence-electron chi connectivity index (χ3n) is 6.27. The van der Waals surface area contributed by atoms with Crippen LogP contribution in [-0.2, 0) is 38.7 Å². The molecule has 0 aliphatic rings. The molecule has 41 heavy (non-hydrogen) atoms. The Labute approximate surface area is 228 Å². The Bertz CT molecular complexity index is 1490. The van der Waals surface area contributed by atoms with E-state index in [2.05, 4.69) is 10.2 Å². The fourth-order valence-electron chi connectivity index (χ4n) is 4.36. The summed E-state index contributed by atoms with van der Waals surface area (Å²) in [5.74, 6) is 0.396. The third kappa shape index (κ3) is 6.80. The number of anilines is 1. The van der Waals surface area contributed by atoms with Gasteiger partial charge in [-0.05, 0) is 66.1 Å².